The summed E-state index contributed by atoms with van der Waals surface area (Å²) < 4.78 is 1.07. The Balaban J connectivity index is 1.95. The van der Waals surface area contributed by atoms with Gasteiger partial charge in [-0.2, -0.15) is 0 Å². The SMILES string of the molecule is Cc1cc([N+](=O)[O-])c(C)cc1N=Cc1c(O)n(CCc2ccccc2)c(=O)[nH]c1=O. The van der Waals surface area contributed by atoms with Crippen molar-refractivity contribution in [2.75, 3.05) is 0 Å². The molecule has 2 aromatic carbocycles. The molecule has 0 unspecified atom stereocenters. The molecule has 1 heterocycles. The third kappa shape index (κ3) is 4.35. The summed E-state index contributed by atoms with van der Waals surface area (Å²) in [6.45, 7) is 3.41. The van der Waals surface area contributed by atoms with E-state index in [2.05, 4.69) is 9.98 Å². The minimum atomic E-state index is -0.770. The standard InChI is InChI=1S/C21H20N4O5/c1-13-11-18(25(29)30)14(2)10-17(13)22-12-16-19(26)23-21(28)24(20(16)27)9-8-15-6-4-3-5-7-15/h3-7,10-12,27H,8-9H2,1-2H3,(H,23,26,28). The molecule has 0 amide bonds. The Morgan fingerprint density at radius 2 is 1.87 bits per heavy atom. The first-order valence-corrected chi connectivity index (χ1v) is 9.17. The lowest BCUT2D eigenvalue weighted by molar-refractivity contribution is -0.385. The molecule has 30 heavy (non-hydrogen) atoms. The van der Waals surface area contributed by atoms with Gasteiger partial charge in [-0.15, -0.1) is 0 Å². The van der Waals surface area contributed by atoms with Gasteiger partial charge in [0.25, 0.3) is 11.2 Å². The number of aliphatic imine (C=N–C) groups is 1. The molecular weight excluding hydrogens is 388 g/mol. The van der Waals surface area contributed by atoms with Crippen LogP contribution in [0.4, 0.5) is 11.4 Å². The molecule has 2 N–H and O–H groups in total. The minimum absolute atomic E-state index is 0.0263. The van der Waals surface area contributed by atoms with Crippen LogP contribution in [0.5, 0.6) is 5.88 Å². The highest BCUT2D eigenvalue weighted by molar-refractivity contribution is 5.84. The molecular formula is C21H20N4O5. The summed E-state index contributed by atoms with van der Waals surface area (Å²) in [5, 5.41) is 21.6. The van der Waals surface area contributed by atoms with E-state index in [0.717, 1.165) is 16.3 Å². The number of aromatic hydroxyl groups is 1. The van der Waals surface area contributed by atoms with Gasteiger partial charge in [0.15, 0.2) is 0 Å². The van der Waals surface area contributed by atoms with Crippen molar-refractivity contribution < 1.29 is 10.0 Å². The molecule has 0 aliphatic rings. The zero-order chi connectivity index (χ0) is 21.8. The van der Waals surface area contributed by atoms with Crippen LogP contribution in [0.15, 0.2) is 57.0 Å². The highest BCUT2D eigenvalue weighted by Gasteiger charge is 2.15. The van der Waals surface area contributed by atoms with Crippen LogP contribution in [0.3, 0.4) is 0 Å². The predicted octanol–water partition coefficient (Wildman–Crippen LogP) is 2.76. The van der Waals surface area contributed by atoms with Crippen LogP contribution >= 0.6 is 0 Å². The lowest BCUT2D eigenvalue weighted by atomic mass is 10.1. The Bertz CT molecular complexity index is 1240. The van der Waals surface area contributed by atoms with Gasteiger partial charge in [-0.05, 0) is 37.5 Å². The van der Waals surface area contributed by atoms with Crippen LogP contribution in [0, 0.1) is 24.0 Å². The first kappa shape index (κ1) is 20.7. The Kier molecular flexibility index (Phi) is 5.91. The topological polar surface area (TPSA) is 131 Å². The first-order chi connectivity index (χ1) is 14.3. The Labute approximate surface area is 171 Å². The van der Waals surface area contributed by atoms with Crippen LogP contribution in [0.2, 0.25) is 0 Å². The summed E-state index contributed by atoms with van der Waals surface area (Å²) in [6, 6.07) is 12.3. The molecule has 0 aliphatic heterocycles. The molecule has 9 heteroatoms. The molecule has 3 aromatic rings. The van der Waals surface area contributed by atoms with Crippen molar-refractivity contribution in [1.29, 1.82) is 0 Å². The minimum Gasteiger partial charge on any atom is -0.494 e. The Hall–Kier alpha value is -4.01. The fraction of sp³-hybridized carbons (Fsp3) is 0.190. The maximum absolute atomic E-state index is 12.2. The summed E-state index contributed by atoms with van der Waals surface area (Å²) >= 11 is 0. The molecule has 0 aliphatic carbocycles. The number of hydrogen-bond donors (Lipinski definition) is 2. The van der Waals surface area contributed by atoms with Gasteiger partial charge in [0, 0.05) is 24.4 Å². The molecule has 0 saturated carbocycles. The second kappa shape index (κ2) is 8.56. The van der Waals surface area contributed by atoms with E-state index in [-0.39, 0.29) is 17.8 Å². The van der Waals surface area contributed by atoms with Gasteiger partial charge in [-0.1, -0.05) is 30.3 Å². The number of nitro groups is 1. The van der Waals surface area contributed by atoms with Gasteiger partial charge in [-0.3, -0.25) is 29.5 Å². The number of nitrogens with zero attached hydrogens (tertiary/aromatic N) is 3. The fourth-order valence-electron chi connectivity index (χ4n) is 3.04. The van der Waals surface area contributed by atoms with Gasteiger partial charge in [-0.25, -0.2) is 4.79 Å². The van der Waals surface area contributed by atoms with Crippen molar-refractivity contribution in [3.8, 4) is 5.88 Å². The highest BCUT2D eigenvalue weighted by atomic mass is 16.6. The number of aromatic amines is 1. The first-order valence-electron chi connectivity index (χ1n) is 9.17. The molecule has 0 spiro atoms. The Morgan fingerprint density at radius 1 is 1.17 bits per heavy atom. The molecule has 154 valence electrons. The maximum Gasteiger partial charge on any atom is 0.331 e. The smallest absolute Gasteiger partial charge is 0.331 e. The summed E-state index contributed by atoms with van der Waals surface area (Å²) in [6.07, 6.45) is 1.64. The van der Waals surface area contributed by atoms with Crippen molar-refractivity contribution in [2.45, 2.75) is 26.8 Å². The van der Waals surface area contributed by atoms with Crippen LogP contribution < -0.4 is 11.2 Å². The molecule has 3 rings (SSSR count). The molecule has 0 saturated heterocycles. The zero-order valence-corrected chi connectivity index (χ0v) is 16.5. The van der Waals surface area contributed by atoms with Gasteiger partial charge < -0.3 is 5.11 Å². The molecule has 1 aromatic heterocycles. The molecule has 0 fully saturated rings. The van der Waals surface area contributed by atoms with Crippen LogP contribution in [-0.2, 0) is 13.0 Å². The summed E-state index contributed by atoms with van der Waals surface area (Å²) in [5.41, 5.74) is 0.669. The quantitative estimate of drug-likeness (QED) is 0.368. The van der Waals surface area contributed by atoms with Crippen molar-refractivity contribution in [3.63, 3.8) is 0 Å². The average molecular weight is 408 g/mol. The molecule has 0 radical (unpaired) electrons. The van der Waals surface area contributed by atoms with Gasteiger partial charge in [0.05, 0.1) is 10.6 Å². The van der Waals surface area contributed by atoms with E-state index in [1.807, 2.05) is 30.3 Å². The van der Waals surface area contributed by atoms with Crippen LogP contribution in [0.25, 0.3) is 0 Å². The van der Waals surface area contributed by atoms with E-state index in [4.69, 9.17) is 0 Å². The summed E-state index contributed by atoms with van der Waals surface area (Å²) in [5.74, 6) is -0.486. The molecule has 9 nitrogen and oxygen atoms in total. The van der Waals surface area contributed by atoms with Gasteiger partial charge in [0.2, 0.25) is 5.88 Å². The van der Waals surface area contributed by atoms with Gasteiger partial charge >= 0.3 is 5.69 Å². The van der Waals surface area contributed by atoms with E-state index in [9.17, 15) is 24.8 Å². The van der Waals surface area contributed by atoms with Crippen molar-refractivity contribution in [2.24, 2.45) is 4.99 Å². The number of nitrogens with one attached hydrogen (secondary N) is 1. The van der Waals surface area contributed by atoms with E-state index >= 15 is 0 Å². The van der Waals surface area contributed by atoms with Crippen molar-refractivity contribution >= 4 is 17.6 Å². The summed E-state index contributed by atoms with van der Waals surface area (Å²) in [7, 11) is 0. The second-order valence-electron chi connectivity index (χ2n) is 6.82. The number of hydrogen-bond acceptors (Lipinski definition) is 6. The largest absolute Gasteiger partial charge is 0.494 e. The van der Waals surface area contributed by atoms with Gasteiger partial charge in [0.1, 0.15) is 5.56 Å². The molecule has 0 bridgehead atoms. The average Bonchev–Trinajstić information content (AvgIpc) is 2.70. The number of H-pyrrole nitrogens is 1. The summed E-state index contributed by atoms with van der Waals surface area (Å²) in [4.78, 5) is 41.3. The predicted molar refractivity (Wildman–Crippen MR) is 113 cm³/mol. The zero-order valence-electron chi connectivity index (χ0n) is 16.5. The third-order valence-corrected chi connectivity index (χ3v) is 4.72. The van der Waals surface area contributed by atoms with Crippen LogP contribution in [-0.4, -0.2) is 25.8 Å². The van der Waals surface area contributed by atoms with E-state index in [1.54, 1.807) is 13.8 Å². The normalized spacial score (nSPS) is 11.1. The number of nitro benzene ring substituents is 1. The lowest BCUT2D eigenvalue weighted by Gasteiger charge is -2.10. The Morgan fingerprint density at radius 3 is 2.53 bits per heavy atom. The lowest BCUT2D eigenvalue weighted by Crippen LogP contribution is -2.32. The van der Waals surface area contributed by atoms with E-state index in [0.29, 0.717) is 23.2 Å². The number of aryl methyl sites for hydroxylation is 3. The van der Waals surface area contributed by atoms with Crippen LogP contribution in [0.1, 0.15) is 22.3 Å². The highest BCUT2D eigenvalue weighted by Crippen LogP contribution is 2.28. The maximum atomic E-state index is 12.2. The number of benzene rings is 2. The fourth-order valence-corrected chi connectivity index (χ4v) is 3.04. The monoisotopic (exact) mass is 408 g/mol. The third-order valence-electron chi connectivity index (χ3n) is 4.72. The second-order valence-corrected chi connectivity index (χ2v) is 6.82. The van der Waals surface area contributed by atoms with E-state index in [1.165, 1.54) is 12.1 Å². The van der Waals surface area contributed by atoms with Crippen molar-refractivity contribution in [1.82, 2.24) is 9.55 Å². The number of rotatable bonds is 6. The van der Waals surface area contributed by atoms with Crippen molar-refractivity contribution in [3.05, 3.63) is 95.7 Å². The van der Waals surface area contributed by atoms with E-state index < -0.39 is 22.1 Å². The number of aromatic nitrogens is 2. The molecule has 0 atom stereocenters.